The Kier molecular flexibility index (Phi) is 4.46. The molecule has 1 aromatic carbocycles. The molecule has 114 valence electrons. The van der Waals surface area contributed by atoms with Crippen LogP contribution in [0.2, 0.25) is 5.02 Å². The quantitative estimate of drug-likeness (QED) is 0.900. The molecule has 1 N–H and O–H groups in total. The molecular weight excluding hydrogens is 294 g/mol. The van der Waals surface area contributed by atoms with Gasteiger partial charge in [-0.2, -0.15) is 0 Å². The van der Waals surface area contributed by atoms with Crippen molar-refractivity contribution >= 4 is 28.2 Å². The Morgan fingerprint density at radius 3 is 2.95 bits per heavy atom. The van der Waals surface area contributed by atoms with Gasteiger partial charge in [0, 0.05) is 35.4 Å². The zero-order chi connectivity index (χ0) is 15.5. The summed E-state index contributed by atoms with van der Waals surface area (Å²) in [6, 6.07) is 7.85. The normalized spacial score (nSPS) is 14.4. The van der Waals surface area contributed by atoms with Gasteiger partial charge in [-0.25, -0.2) is 0 Å². The average molecular weight is 314 g/mol. The molecule has 0 unspecified atom stereocenters. The Balaban J connectivity index is 1.80. The first-order valence-corrected chi connectivity index (χ1v) is 7.81. The lowest BCUT2D eigenvalue weighted by atomic mass is 10.1. The highest BCUT2D eigenvalue weighted by Crippen LogP contribution is 2.26. The van der Waals surface area contributed by atoms with E-state index in [1.165, 1.54) is 11.1 Å². The van der Waals surface area contributed by atoms with E-state index in [1.807, 2.05) is 30.5 Å². The third-order valence-electron chi connectivity index (χ3n) is 3.82. The molecule has 0 atom stereocenters. The van der Waals surface area contributed by atoms with Crippen molar-refractivity contribution < 1.29 is 0 Å². The highest BCUT2D eigenvalue weighted by atomic mass is 35.5. The number of hydrogen-bond donors (Lipinski definition) is 1. The number of rotatable bonds is 5. The summed E-state index contributed by atoms with van der Waals surface area (Å²) in [5, 5.41) is 5.37. The molecule has 22 heavy (non-hydrogen) atoms. The lowest BCUT2D eigenvalue weighted by molar-refractivity contribution is 0.448. The molecule has 0 saturated heterocycles. The minimum atomic E-state index is 0.716. The standard InChI is InChI=1S/C18H20ClN3/c1-22(2)12-14-5-3-4-13(14)11-21-17-8-9-20-18-10-15(19)6-7-16(17)18/h3,5-10H,4,11-12H2,1-2H3,(H,20,21). The van der Waals surface area contributed by atoms with E-state index < -0.39 is 0 Å². The molecule has 3 nitrogen and oxygen atoms in total. The Labute approximate surface area is 136 Å². The number of pyridine rings is 1. The first kappa shape index (κ1) is 15.1. The molecule has 0 radical (unpaired) electrons. The fourth-order valence-electron chi connectivity index (χ4n) is 2.76. The van der Waals surface area contributed by atoms with Crippen molar-refractivity contribution in [3.05, 3.63) is 58.8 Å². The van der Waals surface area contributed by atoms with Crippen LogP contribution in [0.4, 0.5) is 5.69 Å². The van der Waals surface area contributed by atoms with Gasteiger partial charge in [0.25, 0.3) is 0 Å². The summed E-state index contributed by atoms with van der Waals surface area (Å²) in [5.74, 6) is 0. The van der Waals surface area contributed by atoms with Gasteiger partial charge in [-0.3, -0.25) is 4.98 Å². The van der Waals surface area contributed by atoms with Crippen LogP contribution in [0.25, 0.3) is 10.9 Å². The van der Waals surface area contributed by atoms with Crippen LogP contribution in [-0.4, -0.2) is 37.1 Å². The minimum Gasteiger partial charge on any atom is -0.381 e. The van der Waals surface area contributed by atoms with Crippen LogP contribution in [-0.2, 0) is 0 Å². The SMILES string of the molecule is CN(C)CC1=C(CNc2ccnc3cc(Cl)ccc23)CC=C1. The second kappa shape index (κ2) is 6.51. The van der Waals surface area contributed by atoms with Crippen LogP contribution in [0.15, 0.2) is 53.8 Å². The number of fused-ring (bicyclic) bond motifs is 1. The highest BCUT2D eigenvalue weighted by molar-refractivity contribution is 6.31. The van der Waals surface area contributed by atoms with Gasteiger partial charge in [0.05, 0.1) is 5.52 Å². The second-order valence-electron chi connectivity index (χ2n) is 5.85. The van der Waals surface area contributed by atoms with Crippen molar-refractivity contribution in [2.45, 2.75) is 6.42 Å². The molecule has 0 spiro atoms. The van der Waals surface area contributed by atoms with Crippen LogP contribution >= 0.6 is 11.6 Å². The lowest BCUT2D eigenvalue weighted by Gasteiger charge is -2.14. The predicted octanol–water partition coefficient (Wildman–Crippen LogP) is 4.12. The number of likely N-dealkylation sites (N-methyl/N-ethyl adjacent to an activating group) is 1. The van der Waals surface area contributed by atoms with Crippen LogP contribution in [0.5, 0.6) is 0 Å². The zero-order valence-electron chi connectivity index (χ0n) is 12.9. The third kappa shape index (κ3) is 3.32. The first-order chi connectivity index (χ1) is 10.6. The number of hydrogen-bond acceptors (Lipinski definition) is 3. The maximum Gasteiger partial charge on any atom is 0.0737 e. The number of nitrogens with one attached hydrogen (secondary N) is 1. The average Bonchev–Trinajstić information content (AvgIpc) is 2.91. The Hall–Kier alpha value is -1.84. The molecular formula is C18H20ClN3. The Morgan fingerprint density at radius 1 is 1.27 bits per heavy atom. The molecule has 1 aliphatic rings. The zero-order valence-corrected chi connectivity index (χ0v) is 13.7. The Morgan fingerprint density at radius 2 is 2.14 bits per heavy atom. The van der Waals surface area contributed by atoms with E-state index in [-0.39, 0.29) is 0 Å². The molecule has 1 heterocycles. The van der Waals surface area contributed by atoms with Crippen LogP contribution in [0.3, 0.4) is 0 Å². The van der Waals surface area contributed by atoms with Crippen molar-refractivity contribution in [1.82, 2.24) is 9.88 Å². The smallest absolute Gasteiger partial charge is 0.0737 e. The van der Waals surface area contributed by atoms with E-state index in [2.05, 4.69) is 41.4 Å². The lowest BCUT2D eigenvalue weighted by Crippen LogP contribution is -2.16. The fraction of sp³-hybridized carbons (Fsp3) is 0.278. The summed E-state index contributed by atoms with van der Waals surface area (Å²) in [6.07, 6.45) is 7.33. The Bertz CT molecular complexity index is 747. The molecule has 1 aromatic heterocycles. The molecule has 0 bridgehead atoms. The monoisotopic (exact) mass is 313 g/mol. The number of benzene rings is 1. The van der Waals surface area contributed by atoms with Crippen LogP contribution < -0.4 is 5.32 Å². The van der Waals surface area contributed by atoms with E-state index in [0.717, 1.165) is 36.1 Å². The molecule has 4 heteroatoms. The van der Waals surface area contributed by atoms with Gasteiger partial charge in [-0.05, 0) is 55.9 Å². The van der Waals surface area contributed by atoms with E-state index >= 15 is 0 Å². The molecule has 2 aromatic rings. The van der Waals surface area contributed by atoms with Gasteiger partial charge >= 0.3 is 0 Å². The topological polar surface area (TPSA) is 28.2 Å². The summed E-state index contributed by atoms with van der Waals surface area (Å²) in [5.41, 5.74) is 4.89. The van der Waals surface area contributed by atoms with Crippen molar-refractivity contribution in [2.24, 2.45) is 0 Å². The van der Waals surface area contributed by atoms with Gasteiger partial charge in [0.15, 0.2) is 0 Å². The van der Waals surface area contributed by atoms with Gasteiger partial charge < -0.3 is 10.2 Å². The molecule has 0 saturated carbocycles. The highest BCUT2D eigenvalue weighted by Gasteiger charge is 2.10. The van der Waals surface area contributed by atoms with Crippen molar-refractivity contribution in [3.63, 3.8) is 0 Å². The first-order valence-electron chi connectivity index (χ1n) is 7.44. The summed E-state index contributed by atoms with van der Waals surface area (Å²) in [4.78, 5) is 6.58. The molecule has 0 fully saturated rings. The number of anilines is 1. The van der Waals surface area contributed by atoms with E-state index in [0.29, 0.717) is 5.02 Å². The van der Waals surface area contributed by atoms with Crippen molar-refractivity contribution in [1.29, 1.82) is 0 Å². The largest absolute Gasteiger partial charge is 0.381 e. The minimum absolute atomic E-state index is 0.716. The summed E-state index contributed by atoms with van der Waals surface area (Å²) >= 11 is 6.04. The second-order valence-corrected chi connectivity index (χ2v) is 6.28. The predicted molar refractivity (Wildman–Crippen MR) is 94.6 cm³/mol. The third-order valence-corrected chi connectivity index (χ3v) is 4.06. The van der Waals surface area contributed by atoms with Gasteiger partial charge in [-0.15, -0.1) is 0 Å². The van der Waals surface area contributed by atoms with E-state index in [4.69, 9.17) is 11.6 Å². The van der Waals surface area contributed by atoms with Crippen LogP contribution in [0, 0.1) is 0 Å². The molecule has 0 amide bonds. The van der Waals surface area contributed by atoms with E-state index in [1.54, 1.807) is 0 Å². The molecule has 0 aliphatic heterocycles. The number of aromatic nitrogens is 1. The van der Waals surface area contributed by atoms with Crippen molar-refractivity contribution in [3.8, 4) is 0 Å². The van der Waals surface area contributed by atoms with E-state index in [9.17, 15) is 0 Å². The maximum atomic E-state index is 6.04. The van der Waals surface area contributed by atoms with Gasteiger partial charge in [0.1, 0.15) is 0 Å². The van der Waals surface area contributed by atoms with Gasteiger partial charge in [-0.1, -0.05) is 23.8 Å². The fourth-order valence-corrected chi connectivity index (χ4v) is 2.93. The van der Waals surface area contributed by atoms with Crippen molar-refractivity contribution in [2.75, 3.05) is 32.5 Å². The maximum absolute atomic E-state index is 6.04. The number of nitrogens with zero attached hydrogens (tertiary/aromatic N) is 2. The molecule has 1 aliphatic carbocycles. The summed E-state index contributed by atoms with van der Waals surface area (Å²) in [7, 11) is 4.20. The number of halogens is 1. The van der Waals surface area contributed by atoms with Gasteiger partial charge in [0.2, 0.25) is 0 Å². The number of allylic oxidation sites excluding steroid dienone is 1. The van der Waals surface area contributed by atoms with Crippen LogP contribution in [0.1, 0.15) is 6.42 Å². The molecule has 3 rings (SSSR count). The summed E-state index contributed by atoms with van der Waals surface area (Å²) in [6.45, 7) is 1.85. The summed E-state index contributed by atoms with van der Waals surface area (Å²) < 4.78 is 0.